The predicted octanol–water partition coefficient (Wildman–Crippen LogP) is 1.81. The van der Waals surface area contributed by atoms with Gasteiger partial charge in [0.1, 0.15) is 6.61 Å². The van der Waals surface area contributed by atoms with Crippen molar-refractivity contribution in [2.45, 2.75) is 6.92 Å². The first-order chi connectivity index (χ1) is 14.0. The summed E-state index contributed by atoms with van der Waals surface area (Å²) >= 11 is 0. The topological polar surface area (TPSA) is 125 Å². The third kappa shape index (κ3) is 7.76. The van der Waals surface area contributed by atoms with E-state index in [2.05, 4.69) is 27.2 Å². The van der Waals surface area contributed by atoms with Gasteiger partial charge in [-0.25, -0.2) is 9.59 Å². The van der Waals surface area contributed by atoms with Crippen molar-refractivity contribution in [2.75, 3.05) is 39.5 Å². The van der Waals surface area contributed by atoms with Crippen LogP contribution >= 0.6 is 0 Å². The fourth-order valence-electron chi connectivity index (χ4n) is 2.65. The van der Waals surface area contributed by atoms with Gasteiger partial charge in [0.2, 0.25) is 5.88 Å². The Bertz CT molecular complexity index is 797. The number of aromatic amines is 1. The van der Waals surface area contributed by atoms with Gasteiger partial charge in [0, 0.05) is 37.3 Å². The molecule has 1 aromatic heterocycles. The van der Waals surface area contributed by atoms with Crippen LogP contribution in [0.3, 0.4) is 0 Å². The van der Waals surface area contributed by atoms with E-state index in [1.54, 1.807) is 0 Å². The zero-order valence-corrected chi connectivity index (χ0v) is 16.2. The van der Waals surface area contributed by atoms with E-state index in [4.69, 9.17) is 19.7 Å². The molecule has 0 atom stereocenters. The second-order valence-corrected chi connectivity index (χ2v) is 6.21. The molecule has 0 bridgehead atoms. The van der Waals surface area contributed by atoms with E-state index in [1.807, 2.05) is 25.1 Å². The van der Waals surface area contributed by atoms with Gasteiger partial charge < -0.3 is 19.7 Å². The van der Waals surface area contributed by atoms with E-state index in [0.29, 0.717) is 24.6 Å². The van der Waals surface area contributed by atoms with Gasteiger partial charge in [-0.15, -0.1) is 5.10 Å². The van der Waals surface area contributed by atoms with Crippen molar-refractivity contribution in [3.05, 3.63) is 48.0 Å². The summed E-state index contributed by atoms with van der Waals surface area (Å²) in [6.45, 7) is 7.21. The zero-order chi connectivity index (χ0) is 21.1. The van der Waals surface area contributed by atoms with Gasteiger partial charge in [-0.2, -0.15) is 0 Å². The Morgan fingerprint density at radius 1 is 1.17 bits per heavy atom. The monoisotopic (exact) mass is 403 g/mol. The fraction of sp³-hybridized carbons (Fsp3) is 0.350. The minimum atomic E-state index is -1.26. The Kier molecular flexibility index (Phi) is 8.87. The minimum absolute atomic E-state index is 0.558. The molecule has 0 saturated carbocycles. The molecule has 0 aliphatic carbocycles. The van der Waals surface area contributed by atoms with Gasteiger partial charge in [-0.1, -0.05) is 30.3 Å². The average Bonchev–Trinajstić information content (AvgIpc) is 3.09. The number of hydrogen-bond donors (Lipinski definition) is 3. The van der Waals surface area contributed by atoms with Gasteiger partial charge in [-0.05, 0) is 12.5 Å². The van der Waals surface area contributed by atoms with Crippen LogP contribution in [0.1, 0.15) is 5.56 Å². The Balaban J connectivity index is 0.000000321. The summed E-state index contributed by atoms with van der Waals surface area (Å²) in [6.07, 6.45) is 1.12. The van der Waals surface area contributed by atoms with Crippen LogP contribution in [0, 0.1) is 6.92 Å². The maximum Gasteiger partial charge on any atom is 0.328 e. The van der Waals surface area contributed by atoms with Crippen molar-refractivity contribution in [2.24, 2.45) is 0 Å². The Morgan fingerprint density at radius 3 is 2.38 bits per heavy atom. The molecule has 9 heteroatoms. The normalized spacial score (nSPS) is 14.2. The highest BCUT2D eigenvalue weighted by atomic mass is 16.5. The van der Waals surface area contributed by atoms with Crippen molar-refractivity contribution >= 4 is 11.9 Å². The quantitative estimate of drug-likeness (QED) is 0.598. The van der Waals surface area contributed by atoms with E-state index >= 15 is 0 Å². The Hall–Kier alpha value is -3.17. The third-order valence-corrected chi connectivity index (χ3v) is 4.15. The van der Waals surface area contributed by atoms with Gasteiger partial charge in [0.05, 0.1) is 18.9 Å². The maximum atomic E-state index is 9.55. The smallest absolute Gasteiger partial charge is 0.328 e. The van der Waals surface area contributed by atoms with Crippen LogP contribution in [0.2, 0.25) is 0 Å². The molecule has 29 heavy (non-hydrogen) atoms. The first kappa shape index (κ1) is 22.1. The molecule has 3 rings (SSSR count). The van der Waals surface area contributed by atoms with E-state index in [0.717, 1.165) is 49.7 Å². The highest BCUT2D eigenvalue weighted by molar-refractivity contribution is 5.89. The van der Waals surface area contributed by atoms with Crippen LogP contribution < -0.4 is 4.74 Å². The van der Waals surface area contributed by atoms with Crippen molar-refractivity contribution in [1.29, 1.82) is 0 Å². The van der Waals surface area contributed by atoms with Crippen molar-refractivity contribution in [3.63, 3.8) is 0 Å². The summed E-state index contributed by atoms with van der Waals surface area (Å²) in [7, 11) is 0. The van der Waals surface area contributed by atoms with Gasteiger partial charge in [-0.3, -0.25) is 10.00 Å². The number of ether oxygens (including phenoxy) is 2. The molecule has 2 aromatic rings. The highest BCUT2D eigenvalue weighted by Crippen LogP contribution is 2.26. The standard InChI is InChI=1S/C16H21N3O2.C4H4O4/c1-13-15(14-5-3-2-4-6-14)17-18-16(13)21-12-9-19-7-10-20-11-8-19;5-3(6)1-2-4(7)8/h2-6H,7-12H2,1H3,(H,17,18);1-2H,(H,5,6)(H,7,8)/b;2-1-. The molecule has 1 aromatic carbocycles. The lowest BCUT2D eigenvalue weighted by molar-refractivity contribution is -0.134. The van der Waals surface area contributed by atoms with Crippen LogP contribution in [0.5, 0.6) is 5.88 Å². The number of hydrogen-bond acceptors (Lipinski definition) is 6. The van der Waals surface area contributed by atoms with E-state index < -0.39 is 11.9 Å². The number of rotatable bonds is 7. The lowest BCUT2D eigenvalue weighted by atomic mass is 10.1. The van der Waals surface area contributed by atoms with Crippen LogP contribution in [-0.4, -0.2) is 76.7 Å². The first-order valence-corrected chi connectivity index (χ1v) is 9.14. The number of morpholine rings is 1. The number of benzene rings is 1. The minimum Gasteiger partial charge on any atom is -0.478 e. The predicted molar refractivity (Wildman–Crippen MR) is 106 cm³/mol. The molecule has 0 unspecified atom stereocenters. The molecule has 156 valence electrons. The summed E-state index contributed by atoms with van der Waals surface area (Å²) in [5.74, 6) is -1.82. The molecule has 2 heterocycles. The maximum absolute atomic E-state index is 9.55. The van der Waals surface area contributed by atoms with Gasteiger partial charge in [0.25, 0.3) is 0 Å². The number of carboxylic acids is 2. The summed E-state index contributed by atoms with van der Waals surface area (Å²) in [6, 6.07) is 10.2. The summed E-state index contributed by atoms with van der Waals surface area (Å²) < 4.78 is 11.2. The summed E-state index contributed by atoms with van der Waals surface area (Å²) in [5, 5.41) is 23.0. The SMILES string of the molecule is Cc1c(OCCN2CCOCC2)n[nH]c1-c1ccccc1.O=C(O)/C=C\C(=O)O. The van der Waals surface area contributed by atoms with Gasteiger partial charge in [0.15, 0.2) is 0 Å². The van der Waals surface area contributed by atoms with E-state index in [1.165, 1.54) is 0 Å². The van der Waals surface area contributed by atoms with Crippen LogP contribution in [0.25, 0.3) is 11.3 Å². The largest absolute Gasteiger partial charge is 0.478 e. The highest BCUT2D eigenvalue weighted by Gasteiger charge is 2.13. The molecule has 0 amide bonds. The molecule has 3 N–H and O–H groups in total. The second-order valence-electron chi connectivity index (χ2n) is 6.21. The molecule has 1 aliphatic rings. The lowest BCUT2D eigenvalue weighted by Crippen LogP contribution is -2.38. The molecular weight excluding hydrogens is 378 g/mol. The molecule has 9 nitrogen and oxygen atoms in total. The first-order valence-electron chi connectivity index (χ1n) is 9.14. The number of aromatic nitrogens is 2. The lowest BCUT2D eigenvalue weighted by Gasteiger charge is -2.26. The number of nitrogens with one attached hydrogen (secondary N) is 1. The van der Waals surface area contributed by atoms with Crippen molar-refractivity contribution in [3.8, 4) is 17.1 Å². The third-order valence-electron chi connectivity index (χ3n) is 4.15. The van der Waals surface area contributed by atoms with Crippen LogP contribution in [0.15, 0.2) is 42.5 Å². The molecule has 1 fully saturated rings. The fourth-order valence-corrected chi connectivity index (χ4v) is 2.65. The van der Waals surface area contributed by atoms with E-state index in [-0.39, 0.29) is 0 Å². The summed E-state index contributed by atoms with van der Waals surface area (Å²) in [4.78, 5) is 21.5. The molecule has 1 aliphatic heterocycles. The Morgan fingerprint density at radius 2 is 1.79 bits per heavy atom. The number of carboxylic acid groups (broad SMARTS) is 2. The van der Waals surface area contributed by atoms with Crippen LogP contribution in [-0.2, 0) is 14.3 Å². The summed E-state index contributed by atoms with van der Waals surface area (Å²) in [5.41, 5.74) is 3.21. The van der Waals surface area contributed by atoms with Crippen LogP contribution in [0.4, 0.5) is 0 Å². The van der Waals surface area contributed by atoms with Crippen molar-refractivity contribution < 1.29 is 29.3 Å². The number of carbonyl (C=O) groups is 2. The molecule has 0 spiro atoms. The second kappa shape index (κ2) is 11.6. The molecule has 1 saturated heterocycles. The zero-order valence-electron chi connectivity index (χ0n) is 16.2. The molecule has 0 radical (unpaired) electrons. The number of aliphatic carboxylic acids is 2. The van der Waals surface area contributed by atoms with Crippen molar-refractivity contribution in [1.82, 2.24) is 15.1 Å². The average molecular weight is 403 g/mol. The van der Waals surface area contributed by atoms with Gasteiger partial charge >= 0.3 is 11.9 Å². The number of H-pyrrole nitrogens is 1. The number of nitrogens with zero attached hydrogens (tertiary/aromatic N) is 2. The Labute approximate surface area is 168 Å². The van der Waals surface area contributed by atoms with E-state index in [9.17, 15) is 9.59 Å². The molecular formula is C20H25N3O6.